The molecule has 26 heavy (non-hydrogen) atoms. The van der Waals surface area contributed by atoms with Gasteiger partial charge in [-0.1, -0.05) is 18.2 Å². The zero-order valence-corrected chi connectivity index (χ0v) is 14.1. The summed E-state index contributed by atoms with van der Waals surface area (Å²) in [6, 6.07) is 8.54. The van der Waals surface area contributed by atoms with Crippen molar-refractivity contribution in [2.75, 3.05) is 19.8 Å². The lowest BCUT2D eigenvalue weighted by atomic mass is 9.73. The molecule has 0 bridgehead atoms. The number of hydrogen-bond donors (Lipinski definition) is 1. The number of amides is 1. The Labute approximate surface area is 149 Å². The molecule has 1 aliphatic heterocycles. The van der Waals surface area contributed by atoms with Gasteiger partial charge in [0.05, 0.1) is 5.56 Å². The van der Waals surface area contributed by atoms with Gasteiger partial charge in [-0.15, -0.1) is 0 Å². The molecule has 2 heterocycles. The summed E-state index contributed by atoms with van der Waals surface area (Å²) in [6.45, 7) is 1.14. The molecule has 0 spiro atoms. The van der Waals surface area contributed by atoms with E-state index in [4.69, 9.17) is 4.74 Å². The SMILES string of the molecule is O=C(NCC1(c2cccc(C(F)(F)F)c2)CCOCC1)c1ccncc1. The lowest BCUT2D eigenvalue weighted by Crippen LogP contribution is -2.44. The predicted molar refractivity (Wildman–Crippen MR) is 89.7 cm³/mol. The molecule has 2 aromatic rings. The Kier molecular flexibility index (Phi) is 5.27. The van der Waals surface area contributed by atoms with E-state index in [-0.39, 0.29) is 12.5 Å². The number of aromatic nitrogens is 1. The predicted octanol–water partition coefficient (Wildman–Crippen LogP) is 3.58. The van der Waals surface area contributed by atoms with Crippen LogP contribution in [0.3, 0.4) is 0 Å². The molecule has 1 fully saturated rings. The van der Waals surface area contributed by atoms with E-state index >= 15 is 0 Å². The van der Waals surface area contributed by atoms with Crippen molar-refractivity contribution in [3.05, 3.63) is 65.5 Å². The van der Waals surface area contributed by atoms with Crippen LogP contribution in [0, 0.1) is 0 Å². The molecular weight excluding hydrogens is 345 g/mol. The highest BCUT2D eigenvalue weighted by Gasteiger charge is 2.37. The summed E-state index contributed by atoms with van der Waals surface area (Å²) >= 11 is 0. The smallest absolute Gasteiger partial charge is 0.381 e. The number of benzene rings is 1. The summed E-state index contributed by atoms with van der Waals surface area (Å²) in [6.07, 6.45) is -0.267. The van der Waals surface area contributed by atoms with Gasteiger partial charge in [0, 0.05) is 43.1 Å². The van der Waals surface area contributed by atoms with Gasteiger partial charge in [-0.2, -0.15) is 13.2 Å². The lowest BCUT2D eigenvalue weighted by Gasteiger charge is -2.38. The number of pyridine rings is 1. The molecule has 1 amide bonds. The first-order valence-corrected chi connectivity index (χ1v) is 8.34. The minimum atomic E-state index is -4.40. The van der Waals surface area contributed by atoms with Crippen LogP contribution < -0.4 is 5.32 Å². The standard InChI is InChI=1S/C19H19F3N2O2/c20-19(21,22)16-3-1-2-15(12-16)18(6-10-26-11-7-18)13-24-17(25)14-4-8-23-9-5-14/h1-5,8-9,12H,6-7,10-11,13H2,(H,24,25). The van der Waals surface area contributed by atoms with E-state index in [2.05, 4.69) is 10.3 Å². The summed E-state index contributed by atoms with van der Waals surface area (Å²) < 4.78 is 44.7. The summed E-state index contributed by atoms with van der Waals surface area (Å²) in [5.41, 5.74) is -0.222. The van der Waals surface area contributed by atoms with Crippen LogP contribution in [-0.2, 0) is 16.3 Å². The number of ether oxygens (including phenoxy) is 1. The molecule has 0 aliphatic carbocycles. The highest BCUT2D eigenvalue weighted by atomic mass is 19.4. The van der Waals surface area contributed by atoms with E-state index in [1.165, 1.54) is 24.5 Å². The molecule has 1 N–H and O–H groups in total. The van der Waals surface area contributed by atoms with E-state index < -0.39 is 17.2 Å². The third kappa shape index (κ3) is 4.04. The zero-order chi connectivity index (χ0) is 18.6. The van der Waals surface area contributed by atoms with Crippen LogP contribution in [0.25, 0.3) is 0 Å². The summed E-state index contributed by atoms with van der Waals surface area (Å²) in [5.74, 6) is -0.273. The van der Waals surface area contributed by atoms with Crippen molar-refractivity contribution in [2.24, 2.45) is 0 Å². The maximum Gasteiger partial charge on any atom is 0.416 e. The molecule has 1 aromatic carbocycles. The first-order valence-electron chi connectivity index (χ1n) is 8.34. The molecule has 0 saturated carbocycles. The minimum Gasteiger partial charge on any atom is -0.381 e. The number of nitrogens with one attached hydrogen (secondary N) is 1. The molecule has 0 unspecified atom stereocenters. The van der Waals surface area contributed by atoms with E-state index in [0.29, 0.717) is 37.2 Å². The van der Waals surface area contributed by atoms with Crippen LogP contribution in [0.15, 0.2) is 48.8 Å². The van der Waals surface area contributed by atoms with Crippen LogP contribution in [0.4, 0.5) is 13.2 Å². The lowest BCUT2D eigenvalue weighted by molar-refractivity contribution is -0.137. The van der Waals surface area contributed by atoms with E-state index in [1.54, 1.807) is 18.2 Å². The molecule has 4 nitrogen and oxygen atoms in total. The molecule has 138 valence electrons. The summed E-state index contributed by atoms with van der Waals surface area (Å²) in [7, 11) is 0. The van der Waals surface area contributed by atoms with Crippen LogP contribution in [0.1, 0.15) is 34.3 Å². The molecule has 7 heteroatoms. The maximum absolute atomic E-state index is 13.1. The third-order valence-electron chi connectivity index (χ3n) is 4.78. The van der Waals surface area contributed by atoms with Gasteiger partial charge in [0.2, 0.25) is 0 Å². The Morgan fingerprint density at radius 2 is 1.85 bits per heavy atom. The minimum absolute atomic E-state index is 0.249. The Morgan fingerprint density at radius 3 is 2.50 bits per heavy atom. The Balaban J connectivity index is 1.84. The van der Waals surface area contributed by atoms with Crippen LogP contribution in [0.2, 0.25) is 0 Å². The normalized spacial score (nSPS) is 16.9. The van der Waals surface area contributed by atoms with E-state index in [9.17, 15) is 18.0 Å². The highest BCUT2D eigenvalue weighted by molar-refractivity contribution is 5.94. The number of hydrogen-bond acceptors (Lipinski definition) is 3. The topological polar surface area (TPSA) is 51.2 Å². The van der Waals surface area contributed by atoms with Crippen molar-refractivity contribution in [1.29, 1.82) is 0 Å². The van der Waals surface area contributed by atoms with Gasteiger partial charge in [0.25, 0.3) is 5.91 Å². The first-order chi connectivity index (χ1) is 12.4. The molecule has 0 radical (unpaired) electrons. The highest BCUT2D eigenvalue weighted by Crippen LogP contribution is 2.37. The van der Waals surface area contributed by atoms with Gasteiger partial charge in [-0.25, -0.2) is 0 Å². The molecule has 0 atom stereocenters. The number of halogens is 3. The van der Waals surface area contributed by atoms with Gasteiger partial charge in [-0.05, 0) is 36.6 Å². The van der Waals surface area contributed by atoms with Crippen LogP contribution in [0.5, 0.6) is 0 Å². The number of rotatable bonds is 4. The monoisotopic (exact) mass is 364 g/mol. The average Bonchev–Trinajstić information content (AvgIpc) is 2.67. The molecule has 1 aromatic heterocycles. The molecular formula is C19H19F3N2O2. The molecule has 3 rings (SSSR count). The van der Waals surface area contributed by atoms with Crippen molar-refractivity contribution >= 4 is 5.91 Å². The van der Waals surface area contributed by atoms with E-state index in [0.717, 1.165) is 6.07 Å². The van der Waals surface area contributed by atoms with Gasteiger partial charge >= 0.3 is 6.18 Å². The summed E-state index contributed by atoms with van der Waals surface area (Å²) in [5, 5.41) is 2.86. The Bertz CT molecular complexity index is 757. The largest absolute Gasteiger partial charge is 0.416 e. The zero-order valence-electron chi connectivity index (χ0n) is 14.1. The quantitative estimate of drug-likeness (QED) is 0.902. The van der Waals surface area contributed by atoms with Crippen molar-refractivity contribution in [3.8, 4) is 0 Å². The Hall–Kier alpha value is -2.41. The molecule has 1 saturated heterocycles. The van der Waals surface area contributed by atoms with Crippen molar-refractivity contribution < 1.29 is 22.7 Å². The van der Waals surface area contributed by atoms with E-state index in [1.807, 2.05) is 0 Å². The van der Waals surface area contributed by atoms with Gasteiger partial charge < -0.3 is 10.1 Å². The fourth-order valence-corrected chi connectivity index (χ4v) is 3.21. The van der Waals surface area contributed by atoms with Gasteiger partial charge in [0.1, 0.15) is 0 Å². The van der Waals surface area contributed by atoms with Crippen molar-refractivity contribution in [2.45, 2.75) is 24.4 Å². The van der Waals surface area contributed by atoms with Crippen LogP contribution in [-0.4, -0.2) is 30.6 Å². The molecule has 1 aliphatic rings. The second-order valence-corrected chi connectivity index (χ2v) is 6.39. The number of nitrogens with zero attached hydrogens (tertiary/aromatic N) is 1. The van der Waals surface area contributed by atoms with Gasteiger partial charge in [0.15, 0.2) is 0 Å². The fraction of sp³-hybridized carbons (Fsp3) is 0.368. The fourth-order valence-electron chi connectivity index (χ4n) is 3.21. The maximum atomic E-state index is 13.1. The number of carbonyl (C=O) groups is 1. The number of alkyl halides is 3. The van der Waals surface area contributed by atoms with Crippen molar-refractivity contribution in [3.63, 3.8) is 0 Å². The van der Waals surface area contributed by atoms with Crippen molar-refractivity contribution in [1.82, 2.24) is 10.3 Å². The summed E-state index contributed by atoms with van der Waals surface area (Å²) in [4.78, 5) is 16.2. The average molecular weight is 364 g/mol. The second kappa shape index (κ2) is 7.45. The second-order valence-electron chi connectivity index (χ2n) is 6.39. The first kappa shape index (κ1) is 18.4. The number of carbonyl (C=O) groups excluding carboxylic acids is 1. The van der Waals surface area contributed by atoms with Crippen LogP contribution >= 0.6 is 0 Å². The van der Waals surface area contributed by atoms with Gasteiger partial charge in [-0.3, -0.25) is 9.78 Å². The third-order valence-corrected chi connectivity index (χ3v) is 4.78. The Morgan fingerprint density at radius 1 is 1.15 bits per heavy atom.